The fraction of sp³-hybridized carbons (Fsp3) is 0.467. The van der Waals surface area contributed by atoms with Crippen molar-refractivity contribution in [3.05, 3.63) is 30.1 Å². The lowest BCUT2D eigenvalue weighted by Gasteiger charge is -2.03. The minimum atomic E-state index is -0.321. The van der Waals surface area contributed by atoms with E-state index in [1.807, 2.05) is 0 Å². The SMILES string of the molecule is CCCCCCNC(=O)Cn1nnc(-c2ccc(F)cc2)n1. The number of hydrogen-bond donors (Lipinski definition) is 1. The highest BCUT2D eigenvalue weighted by Crippen LogP contribution is 2.13. The van der Waals surface area contributed by atoms with Crippen LogP contribution in [0.25, 0.3) is 11.4 Å². The molecule has 2 rings (SSSR count). The highest BCUT2D eigenvalue weighted by atomic mass is 19.1. The van der Waals surface area contributed by atoms with Crippen molar-refractivity contribution in [2.24, 2.45) is 0 Å². The minimum Gasteiger partial charge on any atom is -0.354 e. The summed E-state index contributed by atoms with van der Waals surface area (Å²) in [5, 5.41) is 14.7. The third-order valence-electron chi connectivity index (χ3n) is 3.19. The molecule has 0 unspecified atom stereocenters. The Kier molecular flexibility index (Phi) is 6.00. The van der Waals surface area contributed by atoms with Crippen LogP contribution in [0.2, 0.25) is 0 Å². The summed E-state index contributed by atoms with van der Waals surface area (Å²) < 4.78 is 12.9. The summed E-state index contributed by atoms with van der Waals surface area (Å²) in [6.45, 7) is 2.84. The molecule has 0 fully saturated rings. The Morgan fingerprint density at radius 3 is 2.73 bits per heavy atom. The monoisotopic (exact) mass is 305 g/mol. The van der Waals surface area contributed by atoms with Crippen molar-refractivity contribution in [1.82, 2.24) is 25.5 Å². The molecule has 0 bridgehead atoms. The highest BCUT2D eigenvalue weighted by Gasteiger charge is 2.09. The van der Waals surface area contributed by atoms with Gasteiger partial charge in [-0.1, -0.05) is 26.2 Å². The largest absolute Gasteiger partial charge is 0.354 e. The molecule has 1 aromatic carbocycles. The van der Waals surface area contributed by atoms with E-state index in [0.29, 0.717) is 17.9 Å². The van der Waals surface area contributed by atoms with E-state index in [-0.39, 0.29) is 18.3 Å². The number of benzene rings is 1. The van der Waals surface area contributed by atoms with E-state index in [1.54, 1.807) is 12.1 Å². The van der Waals surface area contributed by atoms with E-state index in [1.165, 1.54) is 29.8 Å². The second kappa shape index (κ2) is 8.21. The van der Waals surface area contributed by atoms with Gasteiger partial charge < -0.3 is 5.32 Å². The van der Waals surface area contributed by atoms with Crippen LogP contribution in [0.15, 0.2) is 24.3 Å². The lowest BCUT2D eigenvalue weighted by molar-refractivity contribution is -0.122. The smallest absolute Gasteiger partial charge is 0.243 e. The number of unbranched alkanes of at least 4 members (excludes halogenated alkanes) is 3. The van der Waals surface area contributed by atoms with Gasteiger partial charge >= 0.3 is 0 Å². The van der Waals surface area contributed by atoms with Crippen molar-refractivity contribution >= 4 is 5.91 Å². The van der Waals surface area contributed by atoms with Crippen molar-refractivity contribution in [3.63, 3.8) is 0 Å². The van der Waals surface area contributed by atoms with Gasteiger partial charge in [0.1, 0.15) is 12.4 Å². The van der Waals surface area contributed by atoms with Crippen LogP contribution in [-0.2, 0) is 11.3 Å². The predicted octanol–water partition coefficient (Wildman–Crippen LogP) is 2.18. The third kappa shape index (κ3) is 4.91. The highest BCUT2D eigenvalue weighted by molar-refractivity contribution is 5.75. The molecule has 22 heavy (non-hydrogen) atoms. The number of carbonyl (C=O) groups is 1. The molecule has 0 saturated heterocycles. The van der Waals surface area contributed by atoms with Crippen LogP contribution in [0, 0.1) is 5.82 Å². The molecule has 1 amide bonds. The van der Waals surface area contributed by atoms with Gasteiger partial charge in [-0.05, 0) is 35.9 Å². The summed E-state index contributed by atoms with van der Waals surface area (Å²) in [7, 11) is 0. The van der Waals surface area contributed by atoms with E-state index in [9.17, 15) is 9.18 Å². The Balaban J connectivity index is 1.81. The summed E-state index contributed by atoms with van der Waals surface area (Å²) in [5.41, 5.74) is 0.660. The predicted molar refractivity (Wildman–Crippen MR) is 80.4 cm³/mol. The average Bonchev–Trinajstić information content (AvgIpc) is 2.96. The third-order valence-corrected chi connectivity index (χ3v) is 3.19. The molecule has 1 heterocycles. The summed E-state index contributed by atoms with van der Waals surface area (Å²) in [4.78, 5) is 13.0. The summed E-state index contributed by atoms with van der Waals surface area (Å²) >= 11 is 0. The van der Waals surface area contributed by atoms with E-state index >= 15 is 0 Å². The number of rotatable bonds is 8. The Bertz CT molecular complexity index is 596. The first-order valence-corrected chi connectivity index (χ1v) is 7.49. The molecule has 118 valence electrons. The van der Waals surface area contributed by atoms with Gasteiger partial charge in [0.25, 0.3) is 0 Å². The summed E-state index contributed by atoms with van der Waals surface area (Å²) in [5.74, 6) is -0.0890. The first-order valence-electron chi connectivity index (χ1n) is 7.49. The second-order valence-electron chi connectivity index (χ2n) is 5.06. The molecule has 0 saturated carbocycles. The van der Waals surface area contributed by atoms with Gasteiger partial charge in [0, 0.05) is 12.1 Å². The van der Waals surface area contributed by atoms with Crippen molar-refractivity contribution in [2.45, 2.75) is 39.2 Å². The molecular weight excluding hydrogens is 285 g/mol. The molecule has 0 aliphatic rings. The van der Waals surface area contributed by atoms with Crippen LogP contribution in [0.5, 0.6) is 0 Å². The Hall–Kier alpha value is -2.31. The lowest BCUT2D eigenvalue weighted by Crippen LogP contribution is -2.29. The van der Waals surface area contributed by atoms with Crippen LogP contribution in [0.1, 0.15) is 32.6 Å². The average molecular weight is 305 g/mol. The van der Waals surface area contributed by atoms with E-state index in [0.717, 1.165) is 12.8 Å². The standard InChI is InChI=1S/C15H20FN5O/c1-2-3-4-5-10-17-14(22)11-21-19-15(18-20-21)12-6-8-13(16)9-7-12/h6-9H,2-5,10-11H2,1H3,(H,17,22). The van der Waals surface area contributed by atoms with Gasteiger partial charge in [-0.25, -0.2) is 4.39 Å². The molecule has 0 aliphatic carbocycles. The Morgan fingerprint density at radius 2 is 2.00 bits per heavy atom. The maximum Gasteiger partial charge on any atom is 0.243 e. The quantitative estimate of drug-likeness (QED) is 0.759. The fourth-order valence-corrected chi connectivity index (χ4v) is 1.99. The van der Waals surface area contributed by atoms with E-state index in [2.05, 4.69) is 27.7 Å². The van der Waals surface area contributed by atoms with E-state index < -0.39 is 0 Å². The van der Waals surface area contributed by atoms with Crippen molar-refractivity contribution in [1.29, 1.82) is 0 Å². The van der Waals surface area contributed by atoms with Gasteiger partial charge in [-0.15, -0.1) is 10.2 Å². The number of tetrazole rings is 1. The van der Waals surface area contributed by atoms with Crippen LogP contribution < -0.4 is 5.32 Å². The molecule has 7 heteroatoms. The summed E-state index contributed by atoms with van der Waals surface area (Å²) in [6, 6.07) is 5.81. The minimum absolute atomic E-state index is 0.0297. The van der Waals surface area contributed by atoms with Gasteiger partial charge in [0.2, 0.25) is 11.7 Å². The van der Waals surface area contributed by atoms with Gasteiger partial charge in [0.05, 0.1) is 0 Å². The van der Waals surface area contributed by atoms with Gasteiger partial charge in [-0.2, -0.15) is 4.80 Å². The number of nitrogens with one attached hydrogen (secondary N) is 1. The van der Waals surface area contributed by atoms with Crippen LogP contribution in [0.3, 0.4) is 0 Å². The molecule has 1 aromatic heterocycles. The topological polar surface area (TPSA) is 72.7 Å². The maximum atomic E-state index is 12.9. The number of aromatic nitrogens is 4. The first-order chi connectivity index (χ1) is 10.7. The summed E-state index contributed by atoms with van der Waals surface area (Å²) in [6.07, 6.45) is 4.45. The van der Waals surface area contributed by atoms with Crippen molar-refractivity contribution in [2.75, 3.05) is 6.54 Å². The van der Waals surface area contributed by atoms with Crippen LogP contribution >= 0.6 is 0 Å². The van der Waals surface area contributed by atoms with E-state index in [4.69, 9.17) is 0 Å². The zero-order valence-corrected chi connectivity index (χ0v) is 12.6. The number of nitrogens with zero attached hydrogens (tertiary/aromatic N) is 4. The number of carbonyl (C=O) groups excluding carboxylic acids is 1. The Morgan fingerprint density at radius 1 is 1.23 bits per heavy atom. The Labute approximate surface area is 128 Å². The molecule has 1 N–H and O–H groups in total. The molecule has 6 nitrogen and oxygen atoms in total. The van der Waals surface area contributed by atoms with Crippen molar-refractivity contribution < 1.29 is 9.18 Å². The zero-order valence-electron chi connectivity index (χ0n) is 12.6. The molecular formula is C15H20FN5O. The molecule has 2 aromatic rings. The number of halogens is 1. The van der Waals surface area contributed by atoms with Crippen molar-refractivity contribution in [3.8, 4) is 11.4 Å². The second-order valence-corrected chi connectivity index (χ2v) is 5.06. The molecule has 0 atom stereocenters. The maximum absolute atomic E-state index is 12.9. The number of amides is 1. The zero-order chi connectivity index (χ0) is 15.8. The molecule has 0 radical (unpaired) electrons. The lowest BCUT2D eigenvalue weighted by atomic mass is 10.2. The molecule has 0 spiro atoms. The molecule has 0 aliphatic heterocycles. The van der Waals surface area contributed by atoms with Crippen LogP contribution in [-0.4, -0.2) is 32.7 Å². The number of hydrogen-bond acceptors (Lipinski definition) is 4. The van der Waals surface area contributed by atoms with Gasteiger partial charge in [0.15, 0.2) is 0 Å². The van der Waals surface area contributed by atoms with Crippen LogP contribution in [0.4, 0.5) is 4.39 Å². The first kappa shape index (κ1) is 16.1. The van der Waals surface area contributed by atoms with Gasteiger partial charge in [-0.3, -0.25) is 4.79 Å². The fourth-order valence-electron chi connectivity index (χ4n) is 1.99. The normalized spacial score (nSPS) is 10.6.